The molecule has 0 aliphatic heterocycles. The summed E-state index contributed by atoms with van der Waals surface area (Å²) in [6.07, 6.45) is 0. The highest BCUT2D eigenvalue weighted by atomic mass is 32.1. The Kier molecular flexibility index (Phi) is 5.40. The molecular formula is C16H18N2O5S. The number of ether oxygens (including phenoxy) is 2. The van der Waals surface area contributed by atoms with Crippen LogP contribution in [0.1, 0.15) is 43.7 Å². The van der Waals surface area contributed by atoms with Gasteiger partial charge in [0.1, 0.15) is 26.9 Å². The average Bonchev–Trinajstić information content (AvgIpc) is 2.96. The lowest BCUT2D eigenvalue weighted by Crippen LogP contribution is -2.27. The van der Waals surface area contributed by atoms with E-state index in [0.29, 0.717) is 22.2 Å². The number of carboxylic acid groups (broad SMARTS) is 1. The second-order valence-electron chi connectivity index (χ2n) is 5.00. The van der Waals surface area contributed by atoms with Gasteiger partial charge in [0.2, 0.25) is 0 Å². The summed E-state index contributed by atoms with van der Waals surface area (Å²) in [4.78, 5) is 28.1. The monoisotopic (exact) mass is 350 g/mol. The van der Waals surface area contributed by atoms with Crippen LogP contribution in [0, 0.1) is 6.92 Å². The highest BCUT2D eigenvalue weighted by Gasteiger charge is 2.23. The number of aromatic nitrogens is 1. The highest BCUT2D eigenvalue weighted by Crippen LogP contribution is 2.29. The lowest BCUT2D eigenvalue weighted by molar-refractivity contribution is 0.0700. The molecule has 0 saturated carbocycles. The van der Waals surface area contributed by atoms with Gasteiger partial charge in [-0.05, 0) is 26.0 Å². The third-order valence-corrected chi connectivity index (χ3v) is 4.71. The molecule has 0 fully saturated rings. The third kappa shape index (κ3) is 3.48. The number of benzene rings is 1. The van der Waals surface area contributed by atoms with Gasteiger partial charge in [-0.25, -0.2) is 9.78 Å². The first-order chi connectivity index (χ1) is 11.4. The van der Waals surface area contributed by atoms with Crippen molar-refractivity contribution in [2.45, 2.75) is 19.9 Å². The van der Waals surface area contributed by atoms with E-state index < -0.39 is 12.0 Å². The molecule has 1 amide bonds. The van der Waals surface area contributed by atoms with Crippen LogP contribution in [0.15, 0.2) is 18.2 Å². The van der Waals surface area contributed by atoms with Crippen LogP contribution in [0.4, 0.5) is 0 Å². The average molecular weight is 350 g/mol. The molecule has 1 heterocycles. The standard InChI is InChI=1S/C16H18N2O5S/c1-8-13(16(20)21)24-15(18-8)9(2)17-14(19)12-10(22-3)6-5-7-11(12)23-4/h5-7,9H,1-4H3,(H,17,19)(H,20,21). The molecule has 7 nitrogen and oxygen atoms in total. The lowest BCUT2D eigenvalue weighted by Gasteiger charge is -2.15. The van der Waals surface area contributed by atoms with E-state index in [1.807, 2.05) is 0 Å². The first kappa shape index (κ1) is 17.7. The quantitative estimate of drug-likeness (QED) is 0.831. The summed E-state index contributed by atoms with van der Waals surface area (Å²) < 4.78 is 10.4. The van der Waals surface area contributed by atoms with Crippen LogP contribution < -0.4 is 14.8 Å². The maximum Gasteiger partial charge on any atom is 0.347 e. The highest BCUT2D eigenvalue weighted by molar-refractivity contribution is 7.13. The smallest absolute Gasteiger partial charge is 0.347 e. The van der Waals surface area contributed by atoms with E-state index in [1.165, 1.54) is 14.2 Å². The molecule has 1 aromatic heterocycles. The van der Waals surface area contributed by atoms with Crippen molar-refractivity contribution in [2.24, 2.45) is 0 Å². The van der Waals surface area contributed by atoms with Crippen LogP contribution in [-0.2, 0) is 0 Å². The van der Waals surface area contributed by atoms with Gasteiger partial charge in [0.15, 0.2) is 0 Å². The Morgan fingerprint density at radius 1 is 1.25 bits per heavy atom. The minimum atomic E-state index is -1.03. The number of aryl methyl sites for hydroxylation is 1. The number of hydrogen-bond donors (Lipinski definition) is 2. The van der Waals surface area contributed by atoms with Crippen molar-refractivity contribution in [3.05, 3.63) is 39.3 Å². The Bertz CT molecular complexity index is 750. The van der Waals surface area contributed by atoms with Gasteiger partial charge in [-0.3, -0.25) is 4.79 Å². The Morgan fingerprint density at radius 3 is 2.29 bits per heavy atom. The molecule has 24 heavy (non-hydrogen) atoms. The predicted molar refractivity (Wildman–Crippen MR) is 89.2 cm³/mol. The Hall–Kier alpha value is -2.61. The minimum Gasteiger partial charge on any atom is -0.496 e. The Morgan fingerprint density at radius 2 is 1.83 bits per heavy atom. The summed E-state index contributed by atoms with van der Waals surface area (Å²) in [6, 6.07) is 4.60. The number of carbonyl (C=O) groups excluding carboxylic acids is 1. The van der Waals surface area contributed by atoms with Gasteiger partial charge in [0.25, 0.3) is 5.91 Å². The maximum atomic E-state index is 12.6. The molecule has 128 valence electrons. The van der Waals surface area contributed by atoms with Crippen LogP contribution in [0.25, 0.3) is 0 Å². The van der Waals surface area contributed by atoms with Crippen molar-refractivity contribution in [2.75, 3.05) is 14.2 Å². The molecule has 0 spiro atoms. The van der Waals surface area contributed by atoms with Crippen LogP contribution in [-0.4, -0.2) is 36.2 Å². The Labute approximate surface area is 143 Å². The topological polar surface area (TPSA) is 97.8 Å². The van der Waals surface area contributed by atoms with Crippen molar-refractivity contribution in [1.29, 1.82) is 0 Å². The van der Waals surface area contributed by atoms with Gasteiger partial charge in [-0.1, -0.05) is 6.07 Å². The molecular weight excluding hydrogens is 332 g/mol. The molecule has 8 heteroatoms. The number of carbonyl (C=O) groups is 2. The number of aromatic carboxylic acids is 1. The van der Waals surface area contributed by atoms with Gasteiger partial charge in [0.05, 0.1) is 26.0 Å². The van der Waals surface area contributed by atoms with E-state index in [0.717, 1.165) is 11.3 Å². The molecule has 1 atom stereocenters. The number of thiazole rings is 1. The predicted octanol–water partition coefficient (Wildman–Crippen LogP) is 2.66. The van der Waals surface area contributed by atoms with Crippen molar-refractivity contribution in [3.8, 4) is 11.5 Å². The maximum absolute atomic E-state index is 12.6. The number of carboxylic acids is 1. The number of amides is 1. The number of rotatable bonds is 6. The molecule has 0 aliphatic rings. The van der Waals surface area contributed by atoms with E-state index in [4.69, 9.17) is 14.6 Å². The Balaban J connectivity index is 2.27. The minimum absolute atomic E-state index is 0.168. The molecule has 0 aliphatic carbocycles. The van der Waals surface area contributed by atoms with Crippen LogP contribution in [0.5, 0.6) is 11.5 Å². The second kappa shape index (κ2) is 7.31. The zero-order valence-corrected chi connectivity index (χ0v) is 14.6. The first-order valence-electron chi connectivity index (χ1n) is 7.11. The molecule has 1 aromatic carbocycles. The van der Waals surface area contributed by atoms with Crippen LogP contribution in [0.3, 0.4) is 0 Å². The number of hydrogen-bond acceptors (Lipinski definition) is 6. The first-order valence-corrected chi connectivity index (χ1v) is 7.93. The van der Waals surface area contributed by atoms with Gasteiger partial charge in [-0.2, -0.15) is 0 Å². The number of nitrogens with zero attached hydrogens (tertiary/aromatic N) is 1. The van der Waals surface area contributed by atoms with Crippen LogP contribution in [0.2, 0.25) is 0 Å². The normalized spacial score (nSPS) is 11.7. The largest absolute Gasteiger partial charge is 0.496 e. The fraction of sp³-hybridized carbons (Fsp3) is 0.312. The summed E-state index contributed by atoms with van der Waals surface area (Å²) in [5, 5.41) is 12.4. The third-order valence-electron chi connectivity index (χ3n) is 3.38. The van der Waals surface area contributed by atoms with E-state index in [2.05, 4.69) is 10.3 Å². The van der Waals surface area contributed by atoms with Crippen molar-refractivity contribution < 1.29 is 24.2 Å². The van der Waals surface area contributed by atoms with Crippen molar-refractivity contribution in [1.82, 2.24) is 10.3 Å². The molecule has 2 aromatic rings. The summed E-state index contributed by atoms with van der Waals surface area (Å²) in [5.41, 5.74) is 0.708. The van der Waals surface area contributed by atoms with Crippen molar-refractivity contribution >= 4 is 23.2 Å². The van der Waals surface area contributed by atoms with Gasteiger partial charge < -0.3 is 19.9 Å². The van der Waals surface area contributed by atoms with Gasteiger partial charge >= 0.3 is 5.97 Å². The molecule has 1 unspecified atom stereocenters. The summed E-state index contributed by atoms with van der Waals surface area (Å²) in [7, 11) is 2.94. The number of methoxy groups -OCH3 is 2. The van der Waals surface area contributed by atoms with E-state index in [-0.39, 0.29) is 16.3 Å². The molecule has 0 radical (unpaired) electrons. The van der Waals surface area contributed by atoms with Crippen LogP contribution >= 0.6 is 11.3 Å². The summed E-state index contributed by atoms with van der Waals surface area (Å²) in [5.74, 6) is -0.635. The number of nitrogens with one attached hydrogen (secondary N) is 1. The van der Waals surface area contributed by atoms with E-state index in [9.17, 15) is 9.59 Å². The van der Waals surface area contributed by atoms with E-state index >= 15 is 0 Å². The van der Waals surface area contributed by atoms with E-state index in [1.54, 1.807) is 32.0 Å². The van der Waals surface area contributed by atoms with Gasteiger partial charge in [0, 0.05) is 0 Å². The zero-order chi connectivity index (χ0) is 17.9. The zero-order valence-electron chi connectivity index (χ0n) is 13.7. The fourth-order valence-electron chi connectivity index (χ4n) is 2.21. The fourth-order valence-corrected chi connectivity index (χ4v) is 3.11. The summed E-state index contributed by atoms with van der Waals surface area (Å²) in [6.45, 7) is 3.37. The molecule has 2 N–H and O–H groups in total. The van der Waals surface area contributed by atoms with Gasteiger partial charge in [-0.15, -0.1) is 11.3 Å². The molecule has 0 bridgehead atoms. The molecule has 2 rings (SSSR count). The molecule has 0 saturated heterocycles. The lowest BCUT2D eigenvalue weighted by atomic mass is 10.1. The SMILES string of the molecule is COc1cccc(OC)c1C(=O)NC(C)c1nc(C)c(C(=O)O)s1. The summed E-state index contributed by atoms with van der Waals surface area (Å²) >= 11 is 1.04. The second-order valence-corrected chi connectivity index (χ2v) is 6.04. The van der Waals surface area contributed by atoms with Crippen molar-refractivity contribution in [3.63, 3.8) is 0 Å².